The van der Waals surface area contributed by atoms with E-state index in [1.165, 1.54) is 0 Å². The second-order valence-corrected chi connectivity index (χ2v) is 8.80. The van der Waals surface area contributed by atoms with Crippen LogP contribution in [0.25, 0.3) is 0 Å². The number of nitrogens with zero attached hydrogens (tertiary/aromatic N) is 2. The predicted octanol–water partition coefficient (Wildman–Crippen LogP) is 2.01. The quantitative estimate of drug-likeness (QED) is 0.794. The van der Waals surface area contributed by atoms with Gasteiger partial charge in [0.25, 0.3) is 0 Å². The van der Waals surface area contributed by atoms with E-state index >= 15 is 0 Å². The van der Waals surface area contributed by atoms with E-state index in [9.17, 15) is 14.7 Å². The number of ether oxygens (including phenoxy) is 1. The number of likely N-dealkylation sites (tertiary alicyclic amines) is 2. The zero-order chi connectivity index (χ0) is 17.5. The van der Waals surface area contributed by atoms with Gasteiger partial charge in [0.05, 0.1) is 6.10 Å². The van der Waals surface area contributed by atoms with Crippen molar-refractivity contribution >= 4 is 12.0 Å². The third kappa shape index (κ3) is 3.68. The SMILES string of the molecule is CC(C)(C)OC(=O)N1CCC2(CC1)CC(C(=O)N1CC[C@@H](O)C1)C2. The molecule has 2 aliphatic heterocycles. The standard InChI is InChI=1S/C18H30N2O4/c1-17(2,3)24-16(23)19-8-5-18(6-9-19)10-13(11-18)15(22)20-7-4-14(21)12-20/h13-14,21H,4-12H2,1-3H3/t14-/m1/s1. The molecule has 0 aromatic carbocycles. The third-order valence-electron chi connectivity index (χ3n) is 5.66. The summed E-state index contributed by atoms with van der Waals surface area (Å²) in [4.78, 5) is 28.2. The zero-order valence-electron chi connectivity index (χ0n) is 15.1. The fourth-order valence-corrected chi connectivity index (χ4v) is 4.26. The molecular formula is C18H30N2O4. The van der Waals surface area contributed by atoms with Crippen molar-refractivity contribution in [2.75, 3.05) is 26.2 Å². The molecule has 0 bridgehead atoms. The van der Waals surface area contributed by atoms with Crippen LogP contribution in [0.5, 0.6) is 0 Å². The summed E-state index contributed by atoms with van der Waals surface area (Å²) in [6, 6.07) is 0. The van der Waals surface area contributed by atoms with E-state index in [1.807, 2.05) is 25.7 Å². The predicted molar refractivity (Wildman–Crippen MR) is 89.4 cm³/mol. The van der Waals surface area contributed by atoms with Crippen molar-refractivity contribution in [3.8, 4) is 0 Å². The van der Waals surface area contributed by atoms with Crippen molar-refractivity contribution < 1.29 is 19.4 Å². The maximum atomic E-state index is 12.5. The molecule has 2 amide bonds. The Morgan fingerprint density at radius 1 is 1.08 bits per heavy atom. The summed E-state index contributed by atoms with van der Waals surface area (Å²) in [6.07, 6.45) is 3.91. The molecule has 1 aliphatic carbocycles. The average molecular weight is 338 g/mol. The highest BCUT2D eigenvalue weighted by molar-refractivity contribution is 5.80. The number of aliphatic hydroxyl groups excluding tert-OH is 1. The van der Waals surface area contributed by atoms with Crippen molar-refractivity contribution in [2.45, 2.75) is 64.6 Å². The molecule has 1 saturated carbocycles. The number of hydrogen-bond acceptors (Lipinski definition) is 4. The van der Waals surface area contributed by atoms with Gasteiger partial charge in [0, 0.05) is 32.1 Å². The number of rotatable bonds is 1. The molecule has 1 atom stereocenters. The molecule has 3 rings (SSSR count). The van der Waals surface area contributed by atoms with Gasteiger partial charge in [-0.05, 0) is 58.3 Å². The minimum atomic E-state index is -0.458. The molecule has 0 radical (unpaired) electrons. The first-order valence-corrected chi connectivity index (χ1v) is 9.12. The van der Waals surface area contributed by atoms with Gasteiger partial charge >= 0.3 is 6.09 Å². The number of β-amino-alcohol motifs (C(OH)–C–C–N with tert-alkyl or cyclic N) is 1. The van der Waals surface area contributed by atoms with Crippen molar-refractivity contribution in [3.63, 3.8) is 0 Å². The van der Waals surface area contributed by atoms with Crippen molar-refractivity contribution in [3.05, 3.63) is 0 Å². The first kappa shape index (κ1) is 17.5. The molecule has 2 saturated heterocycles. The van der Waals surface area contributed by atoms with Gasteiger partial charge < -0.3 is 19.6 Å². The van der Waals surface area contributed by atoms with Crippen LogP contribution in [0.2, 0.25) is 0 Å². The minimum absolute atomic E-state index is 0.114. The summed E-state index contributed by atoms with van der Waals surface area (Å²) in [5.74, 6) is 0.329. The molecule has 6 heteroatoms. The summed E-state index contributed by atoms with van der Waals surface area (Å²) in [5, 5.41) is 9.58. The number of aliphatic hydroxyl groups is 1. The molecule has 2 heterocycles. The number of amides is 2. The molecule has 3 fully saturated rings. The van der Waals surface area contributed by atoms with Gasteiger partial charge in [-0.25, -0.2) is 4.79 Å². The Morgan fingerprint density at radius 3 is 2.21 bits per heavy atom. The maximum Gasteiger partial charge on any atom is 0.410 e. The molecule has 24 heavy (non-hydrogen) atoms. The average Bonchev–Trinajstić information content (AvgIpc) is 2.89. The molecule has 1 N–H and O–H groups in total. The van der Waals surface area contributed by atoms with E-state index in [4.69, 9.17) is 4.74 Å². The minimum Gasteiger partial charge on any atom is -0.444 e. The lowest BCUT2D eigenvalue weighted by atomic mass is 9.57. The van der Waals surface area contributed by atoms with Crippen LogP contribution in [0.1, 0.15) is 52.9 Å². The Morgan fingerprint density at radius 2 is 1.71 bits per heavy atom. The van der Waals surface area contributed by atoms with Gasteiger partial charge in [0.2, 0.25) is 5.91 Å². The number of carbonyl (C=O) groups excluding carboxylic acids is 2. The van der Waals surface area contributed by atoms with Crippen molar-refractivity contribution in [1.29, 1.82) is 0 Å². The van der Waals surface area contributed by atoms with Crippen LogP contribution in [-0.2, 0) is 9.53 Å². The van der Waals surface area contributed by atoms with Crippen LogP contribution in [0.4, 0.5) is 4.79 Å². The Kier molecular flexibility index (Phi) is 4.53. The molecule has 1 spiro atoms. The lowest BCUT2D eigenvalue weighted by Gasteiger charge is -2.52. The van der Waals surface area contributed by atoms with Crippen LogP contribution in [0.15, 0.2) is 0 Å². The van der Waals surface area contributed by atoms with E-state index in [0.717, 1.165) is 38.8 Å². The monoisotopic (exact) mass is 338 g/mol. The highest BCUT2D eigenvalue weighted by Crippen LogP contribution is 2.53. The Labute approximate surface area is 144 Å². The molecule has 0 aromatic heterocycles. The smallest absolute Gasteiger partial charge is 0.410 e. The van der Waals surface area contributed by atoms with Crippen LogP contribution in [-0.4, -0.2) is 64.8 Å². The first-order chi connectivity index (χ1) is 11.2. The van der Waals surface area contributed by atoms with Gasteiger partial charge in [-0.3, -0.25) is 4.79 Å². The van der Waals surface area contributed by atoms with Gasteiger partial charge in [-0.15, -0.1) is 0 Å². The lowest BCUT2D eigenvalue weighted by Crippen LogP contribution is -2.53. The lowest BCUT2D eigenvalue weighted by molar-refractivity contribution is -0.145. The fraction of sp³-hybridized carbons (Fsp3) is 0.889. The van der Waals surface area contributed by atoms with Crippen molar-refractivity contribution in [1.82, 2.24) is 9.80 Å². The second kappa shape index (κ2) is 6.21. The van der Waals surface area contributed by atoms with E-state index in [-0.39, 0.29) is 29.4 Å². The zero-order valence-corrected chi connectivity index (χ0v) is 15.1. The molecule has 136 valence electrons. The van der Waals surface area contributed by atoms with Gasteiger partial charge in [-0.1, -0.05) is 0 Å². The topological polar surface area (TPSA) is 70.1 Å². The number of hydrogen-bond donors (Lipinski definition) is 1. The highest BCUT2D eigenvalue weighted by Gasteiger charge is 2.50. The molecule has 6 nitrogen and oxygen atoms in total. The largest absolute Gasteiger partial charge is 0.444 e. The Bertz CT molecular complexity index is 498. The summed E-state index contributed by atoms with van der Waals surface area (Å²) in [5.41, 5.74) is -0.225. The Hall–Kier alpha value is -1.30. The maximum absolute atomic E-state index is 12.5. The number of carbonyl (C=O) groups is 2. The van der Waals surface area contributed by atoms with E-state index < -0.39 is 5.60 Å². The van der Waals surface area contributed by atoms with Gasteiger partial charge in [0.1, 0.15) is 5.60 Å². The van der Waals surface area contributed by atoms with Crippen molar-refractivity contribution in [2.24, 2.45) is 11.3 Å². The second-order valence-electron chi connectivity index (χ2n) is 8.80. The summed E-state index contributed by atoms with van der Waals surface area (Å²) in [6.45, 7) is 8.27. The molecule has 0 unspecified atom stereocenters. The fourth-order valence-electron chi connectivity index (χ4n) is 4.26. The van der Waals surface area contributed by atoms with Crippen LogP contribution in [0, 0.1) is 11.3 Å². The normalized spacial score (nSPS) is 27.2. The molecular weight excluding hydrogens is 308 g/mol. The van der Waals surface area contributed by atoms with Gasteiger partial charge in [-0.2, -0.15) is 0 Å². The van der Waals surface area contributed by atoms with E-state index in [0.29, 0.717) is 19.5 Å². The van der Waals surface area contributed by atoms with Crippen LogP contribution >= 0.6 is 0 Å². The summed E-state index contributed by atoms with van der Waals surface area (Å²) < 4.78 is 5.44. The van der Waals surface area contributed by atoms with Crippen LogP contribution in [0.3, 0.4) is 0 Å². The van der Waals surface area contributed by atoms with Gasteiger partial charge in [0.15, 0.2) is 0 Å². The summed E-state index contributed by atoms with van der Waals surface area (Å²) in [7, 11) is 0. The molecule has 3 aliphatic rings. The first-order valence-electron chi connectivity index (χ1n) is 9.12. The third-order valence-corrected chi connectivity index (χ3v) is 5.66. The van der Waals surface area contributed by atoms with Crippen LogP contribution < -0.4 is 0 Å². The summed E-state index contributed by atoms with van der Waals surface area (Å²) >= 11 is 0. The number of piperidine rings is 1. The molecule has 0 aromatic rings. The van der Waals surface area contributed by atoms with E-state index in [1.54, 1.807) is 4.90 Å². The Balaban J connectivity index is 1.45. The van der Waals surface area contributed by atoms with E-state index in [2.05, 4.69) is 0 Å². The highest BCUT2D eigenvalue weighted by atomic mass is 16.6.